The zero-order chi connectivity index (χ0) is 13.3. The van der Waals surface area contributed by atoms with Crippen LogP contribution in [-0.2, 0) is 9.47 Å². The summed E-state index contributed by atoms with van der Waals surface area (Å²) >= 11 is 1.12. The van der Waals surface area contributed by atoms with Gasteiger partial charge >= 0.3 is 5.97 Å². The lowest BCUT2D eigenvalue weighted by Gasteiger charge is -2.31. The zero-order valence-electron chi connectivity index (χ0n) is 10.8. The number of aryl methyl sites for hydroxylation is 1. The van der Waals surface area contributed by atoms with Crippen molar-refractivity contribution in [1.29, 1.82) is 0 Å². The van der Waals surface area contributed by atoms with Gasteiger partial charge in [-0.05, 0) is 32.3 Å². The van der Waals surface area contributed by atoms with Crippen LogP contribution in [0, 0.1) is 6.92 Å². The van der Waals surface area contributed by atoms with E-state index in [0.717, 1.165) is 24.4 Å². The Morgan fingerprint density at radius 1 is 1.44 bits per heavy atom. The third-order valence-electron chi connectivity index (χ3n) is 3.02. The molecular formula is C12H18N2O3S. The Hall–Kier alpha value is -1.14. The molecule has 1 aromatic rings. The van der Waals surface area contributed by atoms with Crippen LogP contribution in [0.2, 0.25) is 0 Å². The average Bonchev–Trinajstić information content (AvgIpc) is 2.56. The van der Waals surface area contributed by atoms with Gasteiger partial charge in [0.1, 0.15) is 16.7 Å². The number of hydrogen-bond donors (Lipinski definition) is 1. The maximum atomic E-state index is 12.1. The van der Waals surface area contributed by atoms with E-state index in [0.29, 0.717) is 16.3 Å². The molecule has 0 amide bonds. The molecule has 6 heteroatoms. The first kappa shape index (κ1) is 13.3. The highest BCUT2D eigenvalue weighted by Gasteiger charge is 2.29. The third-order valence-corrected chi connectivity index (χ3v) is 3.79. The van der Waals surface area contributed by atoms with E-state index in [4.69, 9.17) is 15.2 Å². The molecule has 2 heterocycles. The highest BCUT2D eigenvalue weighted by Crippen LogP contribution is 2.26. The molecule has 2 atom stereocenters. The summed E-state index contributed by atoms with van der Waals surface area (Å²) in [4.78, 5) is 12.1. The summed E-state index contributed by atoms with van der Waals surface area (Å²) in [6, 6.07) is 0. The fourth-order valence-electron chi connectivity index (χ4n) is 2.29. The monoisotopic (exact) mass is 270 g/mol. The number of ether oxygens (including phenoxy) is 2. The van der Waals surface area contributed by atoms with Crippen molar-refractivity contribution in [2.75, 3.05) is 5.73 Å². The van der Waals surface area contributed by atoms with Crippen molar-refractivity contribution >= 4 is 22.5 Å². The summed E-state index contributed by atoms with van der Waals surface area (Å²) in [5.74, 6) is -0.370. The Morgan fingerprint density at radius 2 is 2.06 bits per heavy atom. The smallest absolute Gasteiger partial charge is 0.343 e. The maximum absolute atomic E-state index is 12.1. The molecule has 0 saturated carbocycles. The number of nitrogens with zero attached hydrogens (tertiary/aromatic N) is 1. The predicted molar refractivity (Wildman–Crippen MR) is 69.7 cm³/mol. The molecule has 2 N–H and O–H groups in total. The van der Waals surface area contributed by atoms with E-state index in [1.165, 1.54) is 0 Å². The van der Waals surface area contributed by atoms with Crippen LogP contribution < -0.4 is 5.73 Å². The average molecular weight is 270 g/mol. The molecule has 0 aromatic carbocycles. The van der Waals surface area contributed by atoms with Crippen LogP contribution in [0.15, 0.2) is 0 Å². The molecule has 0 aliphatic carbocycles. The Balaban J connectivity index is 2.03. The molecule has 1 aliphatic rings. The molecule has 0 spiro atoms. The van der Waals surface area contributed by atoms with Crippen molar-refractivity contribution in [3.05, 3.63) is 11.3 Å². The molecule has 1 aliphatic heterocycles. The second-order valence-electron chi connectivity index (χ2n) is 4.76. The largest absolute Gasteiger partial charge is 0.458 e. The SMILES string of the molecule is Cc1nsc(N)c1C(=O)OC1CC(C)OC(C)C1. The maximum Gasteiger partial charge on any atom is 0.343 e. The standard InChI is InChI=1S/C12H18N2O3S/c1-6-4-9(5-7(2)16-6)17-12(15)10-8(3)14-18-11(10)13/h6-7,9H,4-5,13H2,1-3H3. The molecule has 2 unspecified atom stereocenters. The molecule has 0 bridgehead atoms. The number of hydrogen-bond acceptors (Lipinski definition) is 6. The second-order valence-corrected chi connectivity index (χ2v) is 5.57. The summed E-state index contributed by atoms with van der Waals surface area (Å²) < 4.78 is 15.2. The van der Waals surface area contributed by atoms with Crippen molar-refractivity contribution in [2.24, 2.45) is 0 Å². The molecule has 1 fully saturated rings. The zero-order valence-corrected chi connectivity index (χ0v) is 11.6. The van der Waals surface area contributed by atoms with Crippen LogP contribution >= 0.6 is 11.5 Å². The minimum atomic E-state index is -0.370. The highest BCUT2D eigenvalue weighted by atomic mass is 32.1. The van der Waals surface area contributed by atoms with Crippen molar-refractivity contribution in [2.45, 2.75) is 51.9 Å². The van der Waals surface area contributed by atoms with Gasteiger partial charge in [-0.3, -0.25) is 0 Å². The van der Waals surface area contributed by atoms with Crippen molar-refractivity contribution < 1.29 is 14.3 Å². The van der Waals surface area contributed by atoms with Crippen LogP contribution in [0.3, 0.4) is 0 Å². The van der Waals surface area contributed by atoms with E-state index in [1.807, 2.05) is 13.8 Å². The van der Waals surface area contributed by atoms with E-state index in [2.05, 4.69) is 4.37 Å². The minimum Gasteiger partial charge on any atom is -0.458 e. The number of nitrogen functional groups attached to an aromatic ring is 1. The predicted octanol–water partition coefficient (Wildman–Crippen LogP) is 2.15. The van der Waals surface area contributed by atoms with Crippen molar-refractivity contribution in [3.8, 4) is 0 Å². The van der Waals surface area contributed by atoms with E-state index >= 15 is 0 Å². The van der Waals surface area contributed by atoms with Crippen LogP contribution in [-0.4, -0.2) is 28.7 Å². The topological polar surface area (TPSA) is 74.4 Å². The van der Waals surface area contributed by atoms with Crippen LogP contribution in [0.25, 0.3) is 0 Å². The molecule has 0 radical (unpaired) electrons. The van der Waals surface area contributed by atoms with Gasteiger partial charge in [-0.1, -0.05) is 0 Å². The normalized spacial score (nSPS) is 28.1. The second kappa shape index (κ2) is 5.24. The Bertz CT molecular complexity index is 417. The molecule has 5 nitrogen and oxygen atoms in total. The van der Waals surface area contributed by atoms with Gasteiger partial charge in [0.25, 0.3) is 0 Å². The van der Waals surface area contributed by atoms with E-state index in [1.54, 1.807) is 6.92 Å². The summed E-state index contributed by atoms with van der Waals surface area (Å²) in [6.45, 7) is 5.74. The first-order chi connectivity index (χ1) is 8.47. The lowest BCUT2D eigenvalue weighted by Crippen LogP contribution is -2.35. The summed E-state index contributed by atoms with van der Waals surface area (Å²) in [6.07, 6.45) is 1.59. The third kappa shape index (κ3) is 2.81. The fourth-order valence-corrected chi connectivity index (χ4v) is 2.94. The first-order valence-electron chi connectivity index (χ1n) is 6.05. The van der Waals surface area contributed by atoms with Gasteiger partial charge in [0, 0.05) is 12.8 Å². The van der Waals surface area contributed by atoms with Gasteiger partial charge in [-0.15, -0.1) is 0 Å². The lowest BCUT2D eigenvalue weighted by molar-refractivity contribution is -0.0855. The molecule has 18 heavy (non-hydrogen) atoms. The number of rotatable bonds is 2. The van der Waals surface area contributed by atoms with Gasteiger partial charge in [-0.25, -0.2) is 4.79 Å². The van der Waals surface area contributed by atoms with Gasteiger partial charge in [0.2, 0.25) is 0 Å². The highest BCUT2D eigenvalue weighted by molar-refractivity contribution is 7.10. The molecular weight excluding hydrogens is 252 g/mol. The van der Waals surface area contributed by atoms with Crippen molar-refractivity contribution in [3.63, 3.8) is 0 Å². The van der Waals surface area contributed by atoms with Gasteiger partial charge < -0.3 is 15.2 Å². The summed E-state index contributed by atoms with van der Waals surface area (Å²) in [5, 5.41) is 0.422. The summed E-state index contributed by atoms with van der Waals surface area (Å²) in [7, 11) is 0. The van der Waals surface area contributed by atoms with Crippen LogP contribution in [0.4, 0.5) is 5.00 Å². The minimum absolute atomic E-state index is 0.102. The molecule has 1 saturated heterocycles. The number of carbonyl (C=O) groups is 1. The fraction of sp³-hybridized carbons (Fsp3) is 0.667. The van der Waals surface area contributed by atoms with Crippen LogP contribution in [0.1, 0.15) is 42.7 Å². The number of nitrogens with two attached hydrogens (primary N) is 1. The summed E-state index contributed by atoms with van der Waals surface area (Å²) in [5.41, 5.74) is 6.78. The van der Waals surface area contributed by atoms with E-state index in [-0.39, 0.29) is 24.3 Å². The van der Waals surface area contributed by atoms with Gasteiger partial charge in [-0.2, -0.15) is 4.37 Å². The lowest BCUT2D eigenvalue weighted by atomic mass is 10.0. The van der Waals surface area contributed by atoms with Gasteiger partial charge in [0.15, 0.2) is 0 Å². The number of anilines is 1. The number of aromatic nitrogens is 1. The molecule has 100 valence electrons. The Morgan fingerprint density at radius 3 is 2.56 bits per heavy atom. The van der Waals surface area contributed by atoms with Crippen molar-refractivity contribution in [1.82, 2.24) is 4.37 Å². The Labute approximate surface area is 110 Å². The first-order valence-corrected chi connectivity index (χ1v) is 6.83. The number of carbonyl (C=O) groups excluding carboxylic acids is 1. The Kier molecular flexibility index (Phi) is 3.87. The molecule has 2 rings (SSSR count). The van der Waals surface area contributed by atoms with E-state index < -0.39 is 0 Å². The van der Waals surface area contributed by atoms with Crippen LogP contribution in [0.5, 0.6) is 0 Å². The quantitative estimate of drug-likeness (QED) is 0.833. The van der Waals surface area contributed by atoms with E-state index in [9.17, 15) is 4.79 Å². The van der Waals surface area contributed by atoms with Gasteiger partial charge in [0.05, 0.1) is 17.9 Å². The molecule has 1 aromatic heterocycles. The number of esters is 1.